The van der Waals surface area contributed by atoms with Gasteiger partial charge < -0.3 is 11.1 Å². The molecule has 1 aliphatic rings. The number of hydrogen-bond acceptors (Lipinski definition) is 5. The lowest BCUT2D eigenvalue weighted by molar-refractivity contribution is -0.118. The van der Waals surface area contributed by atoms with E-state index in [1.807, 2.05) is 12.3 Å². The zero-order chi connectivity index (χ0) is 13.0. The normalized spacial score (nSPS) is 19.8. The zero-order valence-electron chi connectivity index (χ0n) is 11.1. The molecule has 0 bridgehead atoms. The van der Waals surface area contributed by atoms with Gasteiger partial charge >= 0.3 is 0 Å². The van der Waals surface area contributed by atoms with E-state index in [-0.39, 0.29) is 18.3 Å². The largest absolute Gasteiger partial charge is 0.329 e. The summed E-state index contributed by atoms with van der Waals surface area (Å²) in [5.41, 5.74) is 6.68. The summed E-state index contributed by atoms with van der Waals surface area (Å²) in [5, 5.41) is 5.45. The zero-order valence-corrected chi connectivity index (χ0v) is 12.7. The van der Waals surface area contributed by atoms with Crippen LogP contribution in [0.1, 0.15) is 25.0 Å². The first-order valence-electron chi connectivity index (χ1n) is 6.35. The average molecular weight is 305 g/mol. The van der Waals surface area contributed by atoms with Crippen LogP contribution in [0.3, 0.4) is 0 Å². The van der Waals surface area contributed by atoms with Crippen molar-refractivity contribution in [1.82, 2.24) is 9.88 Å². The second-order valence-corrected chi connectivity index (χ2v) is 5.56. The van der Waals surface area contributed by atoms with Gasteiger partial charge in [-0.3, -0.25) is 9.69 Å². The lowest BCUT2D eigenvalue weighted by Crippen LogP contribution is -2.47. The quantitative estimate of drug-likeness (QED) is 0.887. The highest BCUT2D eigenvalue weighted by molar-refractivity contribution is 7.13. The Morgan fingerprint density at radius 2 is 2.42 bits per heavy atom. The van der Waals surface area contributed by atoms with Gasteiger partial charge in [0, 0.05) is 18.0 Å². The molecule has 1 saturated heterocycles. The number of nitrogens with two attached hydrogens (primary N) is 1. The molecular formula is C12H21ClN4OS. The van der Waals surface area contributed by atoms with Crippen LogP contribution in [0.15, 0.2) is 5.38 Å². The van der Waals surface area contributed by atoms with Gasteiger partial charge in [0.25, 0.3) is 0 Å². The number of carbonyl (C=O) groups is 1. The molecule has 0 saturated carbocycles. The number of nitrogens with zero attached hydrogens (tertiary/aromatic N) is 2. The lowest BCUT2D eigenvalue weighted by atomic mass is 10.0. The molecule has 1 amide bonds. The third kappa shape index (κ3) is 4.72. The standard InChI is InChI=1S/C12H20N4OS.ClH/c1-9-8-18-12(14-9)15-11(17)7-16-5-3-2-4-10(16)6-13;/h8,10H,2-7,13H2,1H3,(H,14,15,17);1H. The molecule has 5 nitrogen and oxygen atoms in total. The molecule has 1 atom stereocenters. The molecule has 1 aromatic heterocycles. The van der Waals surface area contributed by atoms with Gasteiger partial charge in [-0.05, 0) is 26.3 Å². The summed E-state index contributed by atoms with van der Waals surface area (Å²) in [6, 6.07) is 0.350. The van der Waals surface area contributed by atoms with Crippen molar-refractivity contribution in [2.45, 2.75) is 32.2 Å². The molecule has 2 heterocycles. The van der Waals surface area contributed by atoms with E-state index < -0.39 is 0 Å². The van der Waals surface area contributed by atoms with E-state index in [0.29, 0.717) is 24.3 Å². The minimum atomic E-state index is 0. The van der Waals surface area contributed by atoms with Crippen molar-refractivity contribution in [3.05, 3.63) is 11.1 Å². The number of aromatic nitrogens is 1. The molecule has 7 heteroatoms. The van der Waals surface area contributed by atoms with Gasteiger partial charge in [-0.2, -0.15) is 0 Å². The Bertz CT molecular complexity index is 412. The Balaban J connectivity index is 0.00000180. The minimum Gasteiger partial charge on any atom is -0.329 e. The molecule has 108 valence electrons. The van der Waals surface area contributed by atoms with Crippen molar-refractivity contribution in [1.29, 1.82) is 0 Å². The number of rotatable bonds is 4. The van der Waals surface area contributed by atoms with Crippen molar-refractivity contribution < 1.29 is 4.79 Å². The van der Waals surface area contributed by atoms with Crippen LogP contribution in [0.4, 0.5) is 5.13 Å². The fourth-order valence-corrected chi connectivity index (χ4v) is 2.99. The number of anilines is 1. The fourth-order valence-electron chi connectivity index (χ4n) is 2.29. The maximum Gasteiger partial charge on any atom is 0.240 e. The molecule has 0 radical (unpaired) electrons. The molecule has 0 aromatic carbocycles. The van der Waals surface area contributed by atoms with Crippen molar-refractivity contribution >= 4 is 34.8 Å². The first-order valence-corrected chi connectivity index (χ1v) is 7.23. The molecule has 1 aromatic rings. The van der Waals surface area contributed by atoms with Gasteiger partial charge in [-0.1, -0.05) is 6.42 Å². The van der Waals surface area contributed by atoms with Gasteiger partial charge in [0.2, 0.25) is 5.91 Å². The number of likely N-dealkylation sites (tertiary alicyclic amines) is 1. The SMILES string of the molecule is Cc1csc(NC(=O)CN2CCCCC2CN)n1.Cl. The van der Waals surface area contributed by atoms with Gasteiger partial charge in [0.15, 0.2) is 5.13 Å². The number of aryl methyl sites for hydroxylation is 1. The maximum atomic E-state index is 11.9. The summed E-state index contributed by atoms with van der Waals surface area (Å²) in [5.74, 6) is 0.00435. The van der Waals surface area contributed by atoms with Crippen molar-refractivity contribution in [2.24, 2.45) is 5.73 Å². The maximum absolute atomic E-state index is 11.9. The van der Waals surface area contributed by atoms with Gasteiger partial charge in [0.05, 0.1) is 12.2 Å². The minimum absolute atomic E-state index is 0. The molecule has 1 fully saturated rings. The van der Waals surface area contributed by atoms with E-state index >= 15 is 0 Å². The molecule has 2 rings (SSSR count). The van der Waals surface area contributed by atoms with Gasteiger partial charge in [0.1, 0.15) is 0 Å². The van der Waals surface area contributed by atoms with Crippen LogP contribution in [0.25, 0.3) is 0 Å². The Kier molecular flexibility index (Phi) is 6.71. The molecular weight excluding hydrogens is 284 g/mol. The predicted molar refractivity (Wildman–Crippen MR) is 81.0 cm³/mol. The second kappa shape index (κ2) is 7.79. The van der Waals surface area contributed by atoms with E-state index in [0.717, 1.165) is 25.1 Å². The average Bonchev–Trinajstić information content (AvgIpc) is 2.75. The molecule has 1 aliphatic heterocycles. The smallest absolute Gasteiger partial charge is 0.240 e. The van der Waals surface area contributed by atoms with Crippen LogP contribution >= 0.6 is 23.7 Å². The van der Waals surface area contributed by atoms with E-state index in [1.165, 1.54) is 17.8 Å². The van der Waals surface area contributed by atoms with Gasteiger partial charge in [-0.15, -0.1) is 23.7 Å². The van der Waals surface area contributed by atoms with E-state index in [1.54, 1.807) is 0 Å². The summed E-state index contributed by atoms with van der Waals surface area (Å²) >= 11 is 1.46. The summed E-state index contributed by atoms with van der Waals surface area (Å²) in [6.45, 7) is 3.93. The van der Waals surface area contributed by atoms with E-state index in [9.17, 15) is 4.79 Å². The third-order valence-corrected chi connectivity index (χ3v) is 4.11. The Labute approximate surface area is 124 Å². The summed E-state index contributed by atoms with van der Waals surface area (Å²) in [7, 11) is 0. The molecule has 19 heavy (non-hydrogen) atoms. The van der Waals surface area contributed by atoms with Crippen molar-refractivity contribution in [3.8, 4) is 0 Å². The number of hydrogen-bond donors (Lipinski definition) is 2. The highest BCUT2D eigenvalue weighted by Gasteiger charge is 2.23. The van der Waals surface area contributed by atoms with E-state index in [4.69, 9.17) is 5.73 Å². The number of halogens is 1. The van der Waals surface area contributed by atoms with Crippen molar-refractivity contribution in [3.63, 3.8) is 0 Å². The Morgan fingerprint density at radius 3 is 3.05 bits per heavy atom. The van der Waals surface area contributed by atoms with Crippen LogP contribution < -0.4 is 11.1 Å². The molecule has 0 spiro atoms. The number of piperidine rings is 1. The molecule has 0 aliphatic carbocycles. The van der Waals surface area contributed by atoms with Gasteiger partial charge in [-0.25, -0.2) is 4.98 Å². The predicted octanol–water partition coefficient (Wildman–Crippen LogP) is 1.63. The summed E-state index contributed by atoms with van der Waals surface area (Å²) < 4.78 is 0. The monoisotopic (exact) mass is 304 g/mol. The second-order valence-electron chi connectivity index (χ2n) is 4.70. The van der Waals surface area contributed by atoms with Crippen LogP contribution in [0.2, 0.25) is 0 Å². The number of nitrogens with one attached hydrogen (secondary N) is 1. The van der Waals surface area contributed by atoms with Crippen LogP contribution in [0.5, 0.6) is 0 Å². The Morgan fingerprint density at radius 1 is 1.63 bits per heavy atom. The van der Waals surface area contributed by atoms with Crippen molar-refractivity contribution in [2.75, 3.05) is 25.0 Å². The number of thiazole rings is 1. The third-order valence-electron chi connectivity index (χ3n) is 3.23. The summed E-state index contributed by atoms with van der Waals surface area (Å²) in [4.78, 5) is 18.3. The number of amides is 1. The topological polar surface area (TPSA) is 71.2 Å². The van der Waals surface area contributed by atoms with Crippen LogP contribution in [0, 0.1) is 6.92 Å². The highest BCUT2D eigenvalue weighted by atomic mass is 35.5. The first kappa shape index (κ1) is 16.4. The molecule has 1 unspecified atom stereocenters. The van der Waals surface area contributed by atoms with Crippen LogP contribution in [-0.4, -0.2) is 41.5 Å². The first-order chi connectivity index (χ1) is 8.69. The highest BCUT2D eigenvalue weighted by Crippen LogP contribution is 2.17. The van der Waals surface area contributed by atoms with Crippen LogP contribution in [-0.2, 0) is 4.79 Å². The Hall–Kier alpha value is -0.690. The fraction of sp³-hybridized carbons (Fsp3) is 0.667. The van der Waals surface area contributed by atoms with E-state index in [2.05, 4.69) is 15.2 Å². The molecule has 3 N–H and O–H groups in total. The number of carbonyl (C=O) groups excluding carboxylic acids is 1. The lowest BCUT2D eigenvalue weighted by Gasteiger charge is -2.34. The summed E-state index contributed by atoms with van der Waals surface area (Å²) in [6.07, 6.45) is 3.46.